The minimum atomic E-state index is -0.110. The molecule has 2 unspecified atom stereocenters. The molecule has 2 fully saturated rings. The Balaban J connectivity index is 1.73. The lowest BCUT2D eigenvalue weighted by atomic mass is 9.91. The van der Waals surface area contributed by atoms with E-state index in [0.717, 1.165) is 56.5 Å². The summed E-state index contributed by atoms with van der Waals surface area (Å²) >= 11 is 0. The van der Waals surface area contributed by atoms with Crippen LogP contribution in [0.2, 0.25) is 0 Å². The largest absolute Gasteiger partial charge is 0.497 e. The maximum Gasteiger partial charge on any atom is 0.278 e. The number of amides is 2. The summed E-state index contributed by atoms with van der Waals surface area (Å²) in [6.07, 6.45) is 8.84. The molecular formula is C26H36N2O3. The number of hydrogen-bond acceptors (Lipinski definition) is 4. The van der Waals surface area contributed by atoms with Gasteiger partial charge in [-0.25, -0.2) is 0 Å². The molecule has 0 radical (unpaired) electrons. The van der Waals surface area contributed by atoms with Crippen LogP contribution in [0.15, 0.2) is 30.0 Å². The van der Waals surface area contributed by atoms with Crippen molar-refractivity contribution >= 4 is 17.4 Å². The van der Waals surface area contributed by atoms with Gasteiger partial charge in [-0.15, -0.1) is 0 Å². The summed E-state index contributed by atoms with van der Waals surface area (Å²) in [5.74, 6) is 1.57. The first-order valence-electron chi connectivity index (χ1n) is 12.0. The molecule has 1 aliphatic carbocycles. The Kier molecular flexibility index (Phi) is 6.68. The number of imide groups is 1. The number of carbonyl (C=O) groups excluding carboxylic acids is 2. The highest BCUT2D eigenvalue weighted by molar-refractivity contribution is 6.35. The molecule has 1 aromatic carbocycles. The van der Waals surface area contributed by atoms with E-state index in [1.54, 1.807) is 12.0 Å². The first-order chi connectivity index (χ1) is 15.0. The van der Waals surface area contributed by atoms with E-state index in [1.165, 1.54) is 19.3 Å². The lowest BCUT2D eigenvalue weighted by Crippen LogP contribution is -2.45. The SMILES string of the molecule is COc1ccc(C2=C(N3CC(C)CC(C)C3)C(=O)N(C3CCCCCCC3)C2=O)cc1. The Labute approximate surface area is 186 Å². The first-order valence-corrected chi connectivity index (χ1v) is 12.0. The fraction of sp³-hybridized carbons (Fsp3) is 0.615. The van der Waals surface area contributed by atoms with Gasteiger partial charge in [0.2, 0.25) is 0 Å². The fourth-order valence-corrected chi connectivity index (χ4v) is 5.72. The van der Waals surface area contributed by atoms with Gasteiger partial charge in [-0.2, -0.15) is 0 Å². The highest BCUT2D eigenvalue weighted by atomic mass is 16.5. The Morgan fingerprint density at radius 3 is 2.00 bits per heavy atom. The summed E-state index contributed by atoms with van der Waals surface area (Å²) in [7, 11) is 1.64. The molecule has 0 aromatic heterocycles. The second-order valence-electron chi connectivity index (χ2n) is 9.78. The van der Waals surface area contributed by atoms with Gasteiger partial charge in [0.05, 0.1) is 12.7 Å². The average Bonchev–Trinajstić information content (AvgIpc) is 2.98. The topological polar surface area (TPSA) is 49.9 Å². The zero-order chi connectivity index (χ0) is 22.0. The molecule has 2 atom stereocenters. The predicted octanol–water partition coefficient (Wildman–Crippen LogP) is 4.87. The van der Waals surface area contributed by atoms with Crippen molar-refractivity contribution in [3.63, 3.8) is 0 Å². The van der Waals surface area contributed by atoms with Crippen LogP contribution >= 0.6 is 0 Å². The van der Waals surface area contributed by atoms with Crippen molar-refractivity contribution in [2.45, 2.75) is 71.3 Å². The summed E-state index contributed by atoms with van der Waals surface area (Å²) in [6.45, 7) is 6.14. The summed E-state index contributed by atoms with van der Waals surface area (Å²) in [6, 6.07) is 7.59. The van der Waals surface area contributed by atoms with Crippen LogP contribution in [0.1, 0.15) is 70.8 Å². The third-order valence-corrected chi connectivity index (χ3v) is 7.09. The number of piperidine rings is 1. The monoisotopic (exact) mass is 424 g/mol. The molecule has 2 amide bonds. The van der Waals surface area contributed by atoms with E-state index in [1.807, 2.05) is 24.3 Å². The molecule has 2 heterocycles. The summed E-state index contributed by atoms with van der Waals surface area (Å²) in [5, 5.41) is 0. The van der Waals surface area contributed by atoms with Crippen LogP contribution < -0.4 is 4.74 Å². The van der Waals surface area contributed by atoms with Crippen molar-refractivity contribution in [3.05, 3.63) is 35.5 Å². The van der Waals surface area contributed by atoms with Crippen molar-refractivity contribution in [3.8, 4) is 5.75 Å². The molecule has 0 N–H and O–H groups in total. The van der Waals surface area contributed by atoms with E-state index in [4.69, 9.17) is 4.74 Å². The Bertz CT molecular complexity index is 827. The van der Waals surface area contributed by atoms with Gasteiger partial charge in [0.25, 0.3) is 11.8 Å². The highest BCUT2D eigenvalue weighted by Crippen LogP contribution is 2.38. The Morgan fingerprint density at radius 1 is 0.839 bits per heavy atom. The van der Waals surface area contributed by atoms with Gasteiger partial charge in [-0.05, 0) is 48.8 Å². The van der Waals surface area contributed by atoms with Gasteiger partial charge in [0.15, 0.2) is 0 Å². The number of hydrogen-bond donors (Lipinski definition) is 0. The van der Waals surface area contributed by atoms with E-state index < -0.39 is 0 Å². The molecular weight excluding hydrogens is 388 g/mol. The van der Waals surface area contributed by atoms with E-state index in [-0.39, 0.29) is 17.9 Å². The van der Waals surface area contributed by atoms with Gasteiger partial charge < -0.3 is 9.64 Å². The summed E-state index contributed by atoms with van der Waals surface area (Å²) in [5.41, 5.74) is 2.01. The molecule has 0 spiro atoms. The zero-order valence-corrected chi connectivity index (χ0v) is 19.2. The van der Waals surface area contributed by atoms with Crippen LogP contribution in [0.3, 0.4) is 0 Å². The van der Waals surface area contributed by atoms with Crippen LogP contribution in [0.4, 0.5) is 0 Å². The molecule has 5 heteroatoms. The molecule has 3 aliphatic rings. The molecule has 4 rings (SSSR count). The Morgan fingerprint density at radius 2 is 1.42 bits per heavy atom. The van der Waals surface area contributed by atoms with Gasteiger partial charge in [-0.3, -0.25) is 14.5 Å². The molecule has 168 valence electrons. The smallest absolute Gasteiger partial charge is 0.278 e. The van der Waals surface area contributed by atoms with Crippen LogP contribution in [0.5, 0.6) is 5.75 Å². The average molecular weight is 425 g/mol. The predicted molar refractivity (Wildman–Crippen MR) is 122 cm³/mol. The van der Waals surface area contributed by atoms with E-state index >= 15 is 0 Å². The summed E-state index contributed by atoms with van der Waals surface area (Å²) in [4.78, 5) is 31.4. The van der Waals surface area contributed by atoms with Crippen molar-refractivity contribution in [1.29, 1.82) is 0 Å². The normalized spacial score (nSPS) is 26.3. The number of ether oxygens (including phenoxy) is 1. The summed E-state index contributed by atoms with van der Waals surface area (Å²) < 4.78 is 5.30. The van der Waals surface area contributed by atoms with Crippen LogP contribution in [-0.4, -0.2) is 47.9 Å². The van der Waals surface area contributed by atoms with Gasteiger partial charge in [-0.1, -0.05) is 58.1 Å². The second-order valence-corrected chi connectivity index (χ2v) is 9.78. The second kappa shape index (κ2) is 9.46. The minimum absolute atomic E-state index is 0.0192. The number of likely N-dealkylation sites (tertiary alicyclic amines) is 1. The maximum absolute atomic E-state index is 13.8. The van der Waals surface area contributed by atoms with Gasteiger partial charge >= 0.3 is 0 Å². The van der Waals surface area contributed by atoms with Crippen molar-refractivity contribution in [2.75, 3.05) is 20.2 Å². The zero-order valence-electron chi connectivity index (χ0n) is 19.2. The van der Waals surface area contributed by atoms with E-state index in [9.17, 15) is 9.59 Å². The molecule has 5 nitrogen and oxygen atoms in total. The lowest BCUT2D eigenvalue weighted by molar-refractivity contribution is -0.140. The lowest BCUT2D eigenvalue weighted by Gasteiger charge is -2.37. The number of carbonyl (C=O) groups is 2. The van der Waals surface area contributed by atoms with Crippen LogP contribution in [0, 0.1) is 11.8 Å². The van der Waals surface area contributed by atoms with Crippen molar-refractivity contribution in [2.24, 2.45) is 11.8 Å². The molecule has 0 bridgehead atoms. The first kappa shape index (κ1) is 21.9. The van der Waals surface area contributed by atoms with Gasteiger partial charge in [0.1, 0.15) is 11.4 Å². The van der Waals surface area contributed by atoms with Gasteiger partial charge in [0, 0.05) is 19.1 Å². The quantitative estimate of drug-likeness (QED) is 0.648. The van der Waals surface area contributed by atoms with Crippen molar-refractivity contribution < 1.29 is 14.3 Å². The van der Waals surface area contributed by atoms with E-state index in [0.29, 0.717) is 23.1 Å². The molecule has 2 aliphatic heterocycles. The fourth-order valence-electron chi connectivity index (χ4n) is 5.72. The third-order valence-electron chi connectivity index (χ3n) is 7.09. The highest BCUT2D eigenvalue weighted by Gasteiger charge is 2.45. The Hall–Kier alpha value is -2.30. The minimum Gasteiger partial charge on any atom is -0.497 e. The number of rotatable bonds is 4. The number of nitrogens with zero attached hydrogens (tertiary/aromatic N) is 2. The molecule has 1 saturated heterocycles. The molecule has 31 heavy (non-hydrogen) atoms. The van der Waals surface area contributed by atoms with Crippen LogP contribution in [-0.2, 0) is 9.59 Å². The van der Waals surface area contributed by atoms with Crippen molar-refractivity contribution in [1.82, 2.24) is 9.80 Å². The maximum atomic E-state index is 13.8. The standard InChI is InChI=1S/C26H36N2O3/c1-18-15-19(2)17-27(16-18)24-23(20-11-13-22(31-3)14-12-20)25(29)28(26(24)30)21-9-7-5-4-6-8-10-21/h11-14,18-19,21H,4-10,15-17H2,1-3H3. The number of methoxy groups -OCH3 is 1. The molecule has 1 aromatic rings. The third kappa shape index (κ3) is 4.51. The van der Waals surface area contributed by atoms with E-state index in [2.05, 4.69) is 18.7 Å². The molecule has 1 saturated carbocycles. The number of benzene rings is 1. The van der Waals surface area contributed by atoms with Crippen LogP contribution in [0.25, 0.3) is 5.57 Å².